The molecule has 3 N–H and O–H groups in total. The maximum Gasteiger partial charge on any atom is 0.0598 e. The Labute approximate surface area is 102 Å². The van der Waals surface area contributed by atoms with Gasteiger partial charge in [0.2, 0.25) is 0 Å². The number of H-pyrrole nitrogens is 1. The minimum absolute atomic E-state index is 0.810. The van der Waals surface area contributed by atoms with Gasteiger partial charge in [0.1, 0.15) is 0 Å². The fourth-order valence-electron chi connectivity index (χ4n) is 2.56. The van der Waals surface area contributed by atoms with Gasteiger partial charge in [-0.15, -0.1) is 0 Å². The van der Waals surface area contributed by atoms with Gasteiger partial charge in [0.15, 0.2) is 0 Å². The van der Waals surface area contributed by atoms with Gasteiger partial charge in [-0.1, -0.05) is 18.2 Å². The molecule has 0 bridgehead atoms. The lowest BCUT2D eigenvalue weighted by Crippen LogP contribution is -2.31. The van der Waals surface area contributed by atoms with E-state index in [4.69, 9.17) is 0 Å². The third-order valence-electron chi connectivity index (χ3n) is 3.63. The summed E-state index contributed by atoms with van der Waals surface area (Å²) in [6, 6.07) is 8.43. The van der Waals surface area contributed by atoms with Crippen molar-refractivity contribution in [1.82, 2.24) is 10.3 Å². The minimum Gasteiger partial charge on any atom is -0.383 e. The van der Waals surface area contributed by atoms with Crippen molar-refractivity contribution in [2.24, 2.45) is 5.92 Å². The molecule has 0 radical (unpaired) electrons. The van der Waals surface area contributed by atoms with Crippen LogP contribution in [0.25, 0.3) is 10.9 Å². The first kappa shape index (κ1) is 10.7. The van der Waals surface area contributed by atoms with Crippen molar-refractivity contribution in [2.75, 3.05) is 25.0 Å². The van der Waals surface area contributed by atoms with Crippen LogP contribution in [0.1, 0.15) is 12.8 Å². The fraction of sp³-hybridized carbons (Fsp3) is 0.429. The summed E-state index contributed by atoms with van der Waals surface area (Å²) in [5.74, 6) is 0.810. The molecule has 3 rings (SSSR count). The van der Waals surface area contributed by atoms with E-state index in [1.807, 2.05) is 0 Å². The molecule has 2 aromatic rings. The number of aromatic amines is 1. The molecule has 1 aliphatic heterocycles. The molecule has 1 saturated heterocycles. The zero-order valence-electron chi connectivity index (χ0n) is 10.00. The number of nitrogens with one attached hydrogen (secondary N) is 3. The van der Waals surface area contributed by atoms with Gasteiger partial charge in [0.25, 0.3) is 0 Å². The van der Waals surface area contributed by atoms with Gasteiger partial charge < -0.3 is 15.6 Å². The molecule has 1 aromatic heterocycles. The fourth-order valence-corrected chi connectivity index (χ4v) is 2.56. The lowest BCUT2D eigenvalue weighted by molar-refractivity contribution is 0.390. The molecule has 17 heavy (non-hydrogen) atoms. The normalized spacial score (nSPS) is 17.4. The molecule has 3 heteroatoms. The van der Waals surface area contributed by atoms with Crippen LogP contribution in [0, 0.1) is 5.92 Å². The van der Waals surface area contributed by atoms with Crippen molar-refractivity contribution in [3.8, 4) is 0 Å². The highest BCUT2D eigenvalue weighted by atomic mass is 14.9. The quantitative estimate of drug-likeness (QED) is 0.757. The van der Waals surface area contributed by atoms with Crippen molar-refractivity contribution in [1.29, 1.82) is 0 Å². The Hall–Kier alpha value is -1.48. The second-order valence-electron chi connectivity index (χ2n) is 4.82. The molecule has 90 valence electrons. The number of anilines is 1. The summed E-state index contributed by atoms with van der Waals surface area (Å²) in [6.45, 7) is 3.42. The van der Waals surface area contributed by atoms with Crippen molar-refractivity contribution in [3.63, 3.8) is 0 Å². The molecule has 1 aliphatic rings. The van der Waals surface area contributed by atoms with Crippen LogP contribution in [-0.4, -0.2) is 24.6 Å². The average molecular weight is 229 g/mol. The predicted octanol–water partition coefficient (Wildman–Crippen LogP) is 2.58. The third-order valence-corrected chi connectivity index (χ3v) is 3.63. The Kier molecular flexibility index (Phi) is 3.01. The Balaban J connectivity index is 1.68. The molecule has 0 unspecified atom stereocenters. The van der Waals surface area contributed by atoms with E-state index < -0.39 is 0 Å². The van der Waals surface area contributed by atoms with Crippen molar-refractivity contribution in [2.45, 2.75) is 12.8 Å². The van der Waals surface area contributed by atoms with Gasteiger partial charge in [-0.05, 0) is 37.9 Å². The van der Waals surface area contributed by atoms with Crippen LogP contribution in [0.4, 0.5) is 5.69 Å². The molecule has 0 atom stereocenters. The number of benzene rings is 1. The lowest BCUT2D eigenvalue weighted by Gasteiger charge is -2.23. The summed E-state index contributed by atoms with van der Waals surface area (Å²) in [7, 11) is 0. The third kappa shape index (κ3) is 2.29. The number of aromatic nitrogens is 1. The lowest BCUT2D eigenvalue weighted by atomic mass is 9.98. The second kappa shape index (κ2) is 4.80. The Morgan fingerprint density at radius 3 is 2.88 bits per heavy atom. The molecule has 3 nitrogen and oxygen atoms in total. The number of rotatable bonds is 3. The molecule has 1 fully saturated rings. The largest absolute Gasteiger partial charge is 0.383 e. The predicted molar refractivity (Wildman–Crippen MR) is 72.4 cm³/mol. The molecular weight excluding hydrogens is 210 g/mol. The standard InChI is InChI=1S/C14H19N3/c1-2-4-13-12(3-1)14(10-17-13)16-9-11-5-7-15-8-6-11/h1-4,10-11,15-17H,5-9H2. The molecule has 1 aromatic carbocycles. The molecule has 0 saturated carbocycles. The van der Waals surface area contributed by atoms with Crippen LogP contribution >= 0.6 is 0 Å². The van der Waals surface area contributed by atoms with Crippen LogP contribution in [0.3, 0.4) is 0 Å². The van der Waals surface area contributed by atoms with Crippen LogP contribution in [-0.2, 0) is 0 Å². The summed E-state index contributed by atoms with van der Waals surface area (Å²) in [6.07, 6.45) is 4.65. The van der Waals surface area contributed by atoms with Crippen LogP contribution in [0.2, 0.25) is 0 Å². The van der Waals surface area contributed by atoms with Gasteiger partial charge in [-0.25, -0.2) is 0 Å². The number of para-hydroxylation sites is 1. The van der Waals surface area contributed by atoms with E-state index in [-0.39, 0.29) is 0 Å². The zero-order valence-corrected chi connectivity index (χ0v) is 10.00. The number of fused-ring (bicyclic) bond motifs is 1. The summed E-state index contributed by atoms with van der Waals surface area (Å²) >= 11 is 0. The highest BCUT2D eigenvalue weighted by Crippen LogP contribution is 2.23. The first-order valence-corrected chi connectivity index (χ1v) is 6.44. The topological polar surface area (TPSA) is 39.8 Å². The highest BCUT2D eigenvalue weighted by Gasteiger charge is 2.13. The van der Waals surface area contributed by atoms with E-state index in [1.54, 1.807) is 0 Å². The number of piperidine rings is 1. The maximum atomic E-state index is 3.58. The SMILES string of the molecule is c1ccc2c(NCC3CCNCC3)c[nH]c2c1. The summed E-state index contributed by atoms with van der Waals surface area (Å²) in [5, 5.41) is 8.27. The molecule has 0 amide bonds. The van der Waals surface area contributed by atoms with E-state index in [2.05, 4.69) is 46.1 Å². The summed E-state index contributed by atoms with van der Waals surface area (Å²) < 4.78 is 0. The smallest absolute Gasteiger partial charge is 0.0598 e. The molecular formula is C14H19N3. The van der Waals surface area contributed by atoms with Crippen LogP contribution < -0.4 is 10.6 Å². The van der Waals surface area contributed by atoms with E-state index >= 15 is 0 Å². The Morgan fingerprint density at radius 2 is 2.00 bits per heavy atom. The highest BCUT2D eigenvalue weighted by molar-refractivity contribution is 5.92. The number of hydrogen-bond donors (Lipinski definition) is 3. The molecule has 0 spiro atoms. The minimum atomic E-state index is 0.810. The van der Waals surface area contributed by atoms with Gasteiger partial charge >= 0.3 is 0 Å². The first-order chi connectivity index (χ1) is 8.43. The molecule has 0 aliphatic carbocycles. The van der Waals surface area contributed by atoms with Crippen molar-refractivity contribution < 1.29 is 0 Å². The van der Waals surface area contributed by atoms with Gasteiger partial charge in [0.05, 0.1) is 5.69 Å². The van der Waals surface area contributed by atoms with Gasteiger partial charge in [-0.3, -0.25) is 0 Å². The monoisotopic (exact) mass is 229 g/mol. The van der Waals surface area contributed by atoms with E-state index in [0.717, 1.165) is 12.5 Å². The first-order valence-electron chi connectivity index (χ1n) is 6.44. The maximum absolute atomic E-state index is 3.58. The summed E-state index contributed by atoms with van der Waals surface area (Å²) in [5.41, 5.74) is 2.44. The van der Waals surface area contributed by atoms with E-state index in [0.29, 0.717) is 0 Å². The Bertz CT molecular complexity index is 483. The van der Waals surface area contributed by atoms with Gasteiger partial charge in [0, 0.05) is 23.6 Å². The average Bonchev–Trinajstić information content (AvgIpc) is 2.81. The van der Waals surface area contributed by atoms with Crippen molar-refractivity contribution in [3.05, 3.63) is 30.5 Å². The van der Waals surface area contributed by atoms with E-state index in [9.17, 15) is 0 Å². The second-order valence-corrected chi connectivity index (χ2v) is 4.82. The van der Waals surface area contributed by atoms with E-state index in [1.165, 1.54) is 42.5 Å². The Morgan fingerprint density at radius 1 is 1.18 bits per heavy atom. The van der Waals surface area contributed by atoms with Crippen LogP contribution in [0.5, 0.6) is 0 Å². The zero-order chi connectivity index (χ0) is 11.5. The van der Waals surface area contributed by atoms with Crippen molar-refractivity contribution >= 4 is 16.6 Å². The van der Waals surface area contributed by atoms with Gasteiger partial charge in [-0.2, -0.15) is 0 Å². The van der Waals surface area contributed by atoms with Crippen LogP contribution in [0.15, 0.2) is 30.5 Å². The number of hydrogen-bond acceptors (Lipinski definition) is 2. The molecule has 2 heterocycles. The summed E-state index contributed by atoms with van der Waals surface area (Å²) in [4.78, 5) is 3.30.